The molecule has 0 aromatic heterocycles. The van der Waals surface area contributed by atoms with Gasteiger partial charge < -0.3 is 0 Å². The van der Waals surface area contributed by atoms with Crippen molar-refractivity contribution in [3.05, 3.63) is 0 Å². The molecule has 40 valence electrons. The Morgan fingerprint density at radius 2 is 2.57 bits per heavy atom. The van der Waals surface area contributed by atoms with Gasteiger partial charge in [0.1, 0.15) is 5.78 Å². The lowest BCUT2D eigenvalue weighted by Gasteiger charge is -2.20. The molecule has 1 aliphatic carbocycles. The molecule has 0 aliphatic heterocycles. The third kappa shape index (κ3) is 0.801. The van der Waals surface area contributed by atoms with E-state index in [2.05, 4.69) is 0 Å². The van der Waals surface area contributed by atoms with E-state index in [1.165, 1.54) is 0 Å². The van der Waals surface area contributed by atoms with Gasteiger partial charge in [-0.2, -0.15) is 11.8 Å². The molecule has 0 aromatic carbocycles. The standard InChI is InChI=1S/C5H8OS/c1-7-5-3-2-4(5)6/h5H,2-3H2,1H3. The molecule has 0 heterocycles. The maximum Gasteiger partial charge on any atom is 0.145 e. The molecular formula is C5H8OS. The number of carbonyl (C=O) groups is 1. The highest BCUT2D eigenvalue weighted by Crippen LogP contribution is 2.25. The fourth-order valence-electron chi connectivity index (χ4n) is 0.629. The third-order valence-electron chi connectivity index (χ3n) is 1.30. The second-order valence-corrected chi connectivity index (χ2v) is 2.77. The van der Waals surface area contributed by atoms with Crippen LogP contribution in [0.15, 0.2) is 0 Å². The minimum Gasteiger partial charge on any atom is -0.298 e. The van der Waals surface area contributed by atoms with Crippen molar-refractivity contribution in [1.82, 2.24) is 0 Å². The Hall–Kier alpha value is 0.0200. The highest BCUT2D eigenvalue weighted by Gasteiger charge is 2.26. The first-order chi connectivity index (χ1) is 3.34. The number of rotatable bonds is 1. The van der Waals surface area contributed by atoms with Gasteiger partial charge in [0, 0.05) is 6.42 Å². The molecular weight excluding hydrogens is 108 g/mol. The van der Waals surface area contributed by atoms with Gasteiger partial charge in [0.2, 0.25) is 0 Å². The average molecular weight is 116 g/mol. The number of hydrogen-bond acceptors (Lipinski definition) is 2. The SMILES string of the molecule is CSC1CCC1=O. The van der Waals surface area contributed by atoms with E-state index in [4.69, 9.17) is 0 Å². The van der Waals surface area contributed by atoms with Crippen molar-refractivity contribution in [3.63, 3.8) is 0 Å². The molecule has 1 unspecified atom stereocenters. The topological polar surface area (TPSA) is 17.1 Å². The van der Waals surface area contributed by atoms with E-state index in [-0.39, 0.29) is 0 Å². The molecule has 1 rings (SSSR count). The van der Waals surface area contributed by atoms with Crippen LogP contribution in [0.25, 0.3) is 0 Å². The summed E-state index contributed by atoms with van der Waals surface area (Å²) in [6, 6.07) is 0. The van der Waals surface area contributed by atoms with Crippen LogP contribution in [0.2, 0.25) is 0 Å². The van der Waals surface area contributed by atoms with Gasteiger partial charge >= 0.3 is 0 Å². The summed E-state index contributed by atoms with van der Waals surface area (Å²) < 4.78 is 0. The summed E-state index contributed by atoms with van der Waals surface area (Å²) in [6.45, 7) is 0. The lowest BCUT2D eigenvalue weighted by molar-refractivity contribution is -0.122. The molecule has 0 amide bonds. The van der Waals surface area contributed by atoms with Gasteiger partial charge in [-0.3, -0.25) is 4.79 Å². The quantitative estimate of drug-likeness (QED) is 0.510. The van der Waals surface area contributed by atoms with Crippen LogP contribution in [0, 0.1) is 0 Å². The predicted octanol–water partition coefficient (Wildman–Crippen LogP) is 1.08. The molecule has 1 nitrogen and oxygen atoms in total. The first-order valence-electron chi connectivity index (χ1n) is 2.40. The van der Waals surface area contributed by atoms with E-state index in [1.54, 1.807) is 11.8 Å². The van der Waals surface area contributed by atoms with Crippen LogP contribution in [-0.2, 0) is 4.79 Å². The van der Waals surface area contributed by atoms with Crippen molar-refractivity contribution in [2.24, 2.45) is 0 Å². The molecule has 1 atom stereocenters. The van der Waals surface area contributed by atoms with Crippen LogP contribution in [0.5, 0.6) is 0 Å². The highest BCUT2D eigenvalue weighted by atomic mass is 32.2. The third-order valence-corrected chi connectivity index (χ3v) is 2.36. The van der Waals surface area contributed by atoms with Crippen molar-refractivity contribution < 1.29 is 4.79 Å². The fraction of sp³-hybridized carbons (Fsp3) is 0.800. The molecule has 0 spiro atoms. The van der Waals surface area contributed by atoms with Crippen LogP contribution < -0.4 is 0 Å². The Labute approximate surface area is 47.5 Å². The Kier molecular flexibility index (Phi) is 1.38. The van der Waals surface area contributed by atoms with Gasteiger partial charge in [0.15, 0.2) is 0 Å². The predicted molar refractivity (Wildman–Crippen MR) is 31.5 cm³/mol. The van der Waals surface area contributed by atoms with Crippen LogP contribution in [0.3, 0.4) is 0 Å². The van der Waals surface area contributed by atoms with E-state index in [1.807, 2.05) is 6.26 Å². The Balaban J connectivity index is 2.29. The summed E-state index contributed by atoms with van der Waals surface area (Å²) in [5.74, 6) is 0.438. The summed E-state index contributed by atoms with van der Waals surface area (Å²) in [5, 5.41) is 0.361. The largest absolute Gasteiger partial charge is 0.298 e. The van der Waals surface area contributed by atoms with E-state index in [0.29, 0.717) is 11.0 Å². The van der Waals surface area contributed by atoms with Crippen molar-refractivity contribution in [2.45, 2.75) is 18.1 Å². The number of thioether (sulfide) groups is 1. The zero-order valence-corrected chi connectivity index (χ0v) is 5.12. The molecule has 0 N–H and O–H groups in total. The monoisotopic (exact) mass is 116 g/mol. The number of hydrogen-bond donors (Lipinski definition) is 0. The van der Waals surface area contributed by atoms with Gasteiger partial charge in [-0.25, -0.2) is 0 Å². The van der Waals surface area contributed by atoms with Gasteiger partial charge in [-0.1, -0.05) is 0 Å². The summed E-state index contributed by atoms with van der Waals surface area (Å²) >= 11 is 1.67. The molecule has 2 heteroatoms. The minimum absolute atomic E-state index is 0.361. The summed E-state index contributed by atoms with van der Waals surface area (Å²) in [7, 11) is 0. The second-order valence-electron chi connectivity index (χ2n) is 1.73. The van der Waals surface area contributed by atoms with E-state index in [0.717, 1.165) is 12.8 Å². The number of carbonyl (C=O) groups excluding carboxylic acids is 1. The summed E-state index contributed by atoms with van der Waals surface area (Å²) in [4.78, 5) is 10.4. The molecule has 1 aliphatic rings. The lowest BCUT2D eigenvalue weighted by Crippen LogP contribution is -2.27. The molecule has 0 bridgehead atoms. The second kappa shape index (κ2) is 1.86. The number of Topliss-reactive ketones (excluding diaryl/α,β-unsaturated/α-hetero) is 1. The van der Waals surface area contributed by atoms with Gasteiger partial charge in [0.25, 0.3) is 0 Å². The van der Waals surface area contributed by atoms with Crippen molar-refractivity contribution >= 4 is 17.5 Å². The first-order valence-corrected chi connectivity index (χ1v) is 3.69. The van der Waals surface area contributed by atoms with Gasteiger partial charge in [0.05, 0.1) is 5.25 Å². The van der Waals surface area contributed by atoms with E-state index < -0.39 is 0 Å². The number of ketones is 1. The van der Waals surface area contributed by atoms with Crippen LogP contribution in [0.4, 0.5) is 0 Å². The van der Waals surface area contributed by atoms with E-state index >= 15 is 0 Å². The molecule has 7 heavy (non-hydrogen) atoms. The maximum absolute atomic E-state index is 10.4. The smallest absolute Gasteiger partial charge is 0.145 e. The fourth-order valence-corrected chi connectivity index (χ4v) is 1.36. The van der Waals surface area contributed by atoms with Crippen molar-refractivity contribution in [2.75, 3.05) is 6.26 Å². The maximum atomic E-state index is 10.4. The van der Waals surface area contributed by atoms with Crippen LogP contribution >= 0.6 is 11.8 Å². The Morgan fingerprint density at radius 3 is 2.57 bits per heavy atom. The first kappa shape index (κ1) is 5.16. The average Bonchev–Trinajstić information content (AvgIpc) is 1.65. The Bertz CT molecular complexity index is 88.1. The van der Waals surface area contributed by atoms with Crippen LogP contribution in [0.1, 0.15) is 12.8 Å². The lowest BCUT2D eigenvalue weighted by atomic mass is 9.98. The molecule has 0 radical (unpaired) electrons. The summed E-state index contributed by atoms with van der Waals surface area (Å²) in [6.07, 6.45) is 3.92. The van der Waals surface area contributed by atoms with Gasteiger partial charge in [-0.05, 0) is 12.7 Å². The zero-order valence-electron chi connectivity index (χ0n) is 4.31. The molecule has 0 saturated heterocycles. The van der Waals surface area contributed by atoms with Gasteiger partial charge in [-0.15, -0.1) is 0 Å². The molecule has 1 fully saturated rings. The summed E-state index contributed by atoms with van der Waals surface area (Å²) in [5.41, 5.74) is 0. The zero-order chi connectivity index (χ0) is 5.28. The minimum atomic E-state index is 0.361. The molecule has 0 aromatic rings. The normalized spacial score (nSPS) is 29.9. The Morgan fingerprint density at radius 1 is 1.86 bits per heavy atom. The highest BCUT2D eigenvalue weighted by molar-refractivity contribution is 8.00. The van der Waals surface area contributed by atoms with Crippen molar-refractivity contribution in [1.29, 1.82) is 0 Å². The molecule has 1 saturated carbocycles. The van der Waals surface area contributed by atoms with Crippen LogP contribution in [-0.4, -0.2) is 17.3 Å². The van der Waals surface area contributed by atoms with E-state index in [9.17, 15) is 4.79 Å². The van der Waals surface area contributed by atoms with Crippen molar-refractivity contribution in [3.8, 4) is 0 Å².